The fourth-order valence-corrected chi connectivity index (χ4v) is 4.06. The summed E-state index contributed by atoms with van der Waals surface area (Å²) in [6.07, 6.45) is 0. The first-order chi connectivity index (χ1) is 15.0. The normalized spacial score (nSPS) is 16.5. The maximum Gasteiger partial charge on any atom is 0.164 e. The van der Waals surface area contributed by atoms with E-state index in [0.29, 0.717) is 28.7 Å². The fourth-order valence-electron chi connectivity index (χ4n) is 4.06. The Hall–Kier alpha value is -3.54. The van der Waals surface area contributed by atoms with E-state index in [4.69, 9.17) is 28.4 Å². The summed E-state index contributed by atoms with van der Waals surface area (Å²) in [5.41, 5.74) is 2.92. The smallest absolute Gasteiger partial charge is 0.164 e. The minimum atomic E-state index is -0.809. The van der Waals surface area contributed by atoms with Gasteiger partial charge in [0.05, 0.1) is 35.5 Å². The van der Waals surface area contributed by atoms with Gasteiger partial charge in [0, 0.05) is 22.8 Å². The maximum absolute atomic E-state index is 6.66. The SMILES string of the molecule is COc1cccc(C2(C)Oc3cc(OC)c(OC)cc3-c3cc(OC)c(OC)cc32)c1. The molecule has 1 unspecified atom stereocenters. The molecule has 0 saturated heterocycles. The van der Waals surface area contributed by atoms with Crippen LogP contribution in [-0.2, 0) is 5.60 Å². The van der Waals surface area contributed by atoms with Crippen LogP contribution in [0.2, 0.25) is 0 Å². The number of benzene rings is 3. The van der Waals surface area contributed by atoms with Crippen LogP contribution in [0.5, 0.6) is 34.5 Å². The van der Waals surface area contributed by atoms with E-state index < -0.39 is 5.60 Å². The Morgan fingerprint density at radius 1 is 0.645 bits per heavy atom. The van der Waals surface area contributed by atoms with E-state index in [9.17, 15) is 0 Å². The highest BCUT2D eigenvalue weighted by atomic mass is 16.5. The van der Waals surface area contributed by atoms with E-state index in [0.717, 1.165) is 28.0 Å². The first-order valence-corrected chi connectivity index (χ1v) is 9.85. The molecule has 0 radical (unpaired) electrons. The predicted molar refractivity (Wildman–Crippen MR) is 118 cm³/mol. The lowest BCUT2D eigenvalue weighted by atomic mass is 9.80. The largest absolute Gasteiger partial charge is 0.497 e. The van der Waals surface area contributed by atoms with Crippen molar-refractivity contribution in [1.29, 1.82) is 0 Å². The van der Waals surface area contributed by atoms with E-state index in [1.54, 1.807) is 35.5 Å². The van der Waals surface area contributed by atoms with E-state index in [1.165, 1.54) is 0 Å². The lowest BCUT2D eigenvalue weighted by molar-refractivity contribution is 0.127. The van der Waals surface area contributed by atoms with Crippen LogP contribution in [0.15, 0.2) is 48.5 Å². The third-order valence-corrected chi connectivity index (χ3v) is 5.75. The number of hydrogen-bond acceptors (Lipinski definition) is 6. The van der Waals surface area contributed by atoms with Crippen molar-refractivity contribution in [3.05, 3.63) is 59.7 Å². The van der Waals surface area contributed by atoms with E-state index in [1.807, 2.05) is 55.5 Å². The van der Waals surface area contributed by atoms with Crippen molar-refractivity contribution in [2.45, 2.75) is 12.5 Å². The average Bonchev–Trinajstić information content (AvgIpc) is 2.82. The Balaban J connectivity index is 2.04. The highest BCUT2D eigenvalue weighted by molar-refractivity contribution is 5.82. The molecule has 4 rings (SSSR count). The Labute approximate surface area is 182 Å². The molecule has 0 N–H and O–H groups in total. The van der Waals surface area contributed by atoms with Gasteiger partial charge in [-0.3, -0.25) is 0 Å². The minimum Gasteiger partial charge on any atom is -0.497 e. The highest BCUT2D eigenvalue weighted by Gasteiger charge is 2.40. The second-order valence-electron chi connectivity index (χ2n) is 7.32. The van der Waals surface area contributed by atoms with Crippen LogP contribution < -0.4 is 28.4 Å². The number of methoxy groups -OCH3 is 5. The van der Waals surface area contributed by atoms with Gasteiger partial charge in [-0.15, -0.1) is 0 Å². The first-order valence-electron chi connectivity index (χ1n) is 9.85. The molecule has 31 heavy (non-hydrogen) atoms. The lowest BCUT2D eigenvalue weighted by Crippen LogP contribution is -2.34. The molecular formula is C25H26O6. The molecule has 6 heteroatoms. The topological polar surface area (TPSA) is 55.4 Å². The summed E-state index contributed by atoms with van der Waals surface area (Å²) in [7, 11) is 8.12. The summed E-state index contributed by atoms with van der Waals surface area (Å²) >= 11 is 0. The summed E-state index contributed by atoms with van der Waals surface area (Å²) in [6, 6.07) is 15.6. The second kappa shape index (κ2) is 7.95. The third-order valence-electron chi connectivity index (χ3n) is 5.75. The molecule has 3 aromatic carbocycles. The third kappa shape index (κ3) is 3.28. The summed E-state index contributed by atoms with van der Waals surface area (Å²) in [5.74, 6) is 3.92. The standard InChI is InChI=1S/C25H26O6/c1-25(15-8-7-9-16(10-15)26-2)19-13-23(29-5)21(27-3)11-17(19)18-12-22(28-4)24(30-6)14-20(18)31-25/h7-14H,1-6H3. The summed E-state index contributed by atoms with van der Waals surface area (Å²) in [4.78, 5) is 0. The van der Waals surface area contributed by atoms with Crippen molar-refractivity contribution in [1.82, 2.24) is 0 Å². The molecule has 1 aliphatic rings. The minimum absolute atomic E-state index is 0.596. The second-order valence-corrected chi connectivity index (χ2v) is 7.32. The molecule has 0 bridgehead atoms. The number of hydrogen-bond donors (Lipinski definition) is 0. The number of ether oxygens (including phenoxy) is 6. The summed E-state index contributed by atoms with van der Waals surface area (Å²) < 4.78 is 34.3. The first kappa shape index (κ1) is 20.7. The van der Waals surface area contributed by atoms with Crippen LogP contribution in [0.1, 0.15) is 18.1 Å². The van der Waals surface area contributed by atoms with Crippen LogP contribution in [0, 0.1) is 0 Å². The Bertz CT molecular complexity index is 1120. The molecule has 1 atom stereocenters. The fraction of sp³-hybridized carbons (Fsp3) is 0.280. The van der Waals surface area contributed by atoms with Crippen molar-refractivity contribution in [2.75, 3.05) is 35.5 Å². The van der Waals surface area contributed by atoms with Gasteiger partial charge in [-0.25, -0.2) is 0 Å². The maximum atomic E-state index is 6.66. The predicted octanol–water partition coefficient (Wildman–Crippen LogP) is 5.05. The quantitative estimate of drug-likeness (QED) is 0.554. The van der Waals surface area contributed by atoms with Crippen molar-refractivity contribution in [3.8, 4) is 45.6 Å². The molecular weight excluding hydrogens is 396 g/mol. The van der Waals surface area contributed by atoms with Crippen LogP contribution in [-0.4, -0.2) is 35.5 Å². The van der Waals surface area contributed by atoms with Crippen LogP contribution in [0.25, 0.3) is 11.1 Å². The number of rotatable bonds is 6. The number of fused-ring (bicyclic) bond motifs is 3. The molecule has 0 saturated carbocycles. The van der Waals surface area contributed by atoms with Crippen LogP contribution in [0.3, 0.4) is 0 Å². The van der Waals surface area contributed by atoms with Crippen LogP contribution in [0.4, 0.5) is 0 Å². The molecule has 0 aromatic heterocycles. The average molecular weight is 422 g/mol. The van der Waals surface area contributed by atoms with E-state index >= 15 is 0 Å². The Morgan fingerprint density at radius 2 is 1.23 bits per heavy atom. The van der Waals surface area contributed by atoms with E-state index in [2.05, 4.69) is 0 Å². The van der Waals surface area contributed by atoms with Gasteiger partial charge in [0.1, 0.15) is 11.5 Å². The van der Waals surface area contributed by atoms with Gasteiger partial charge in [0.25, 0.3) is 0 Å². The van der Waals surface area contributed by atoms with Crippen molar-refractivity contribution < 1.29 is 28.4 Å². The van der Waals surface area contributed by atoms with Crippen molar-refractivity contribution in [2.24, 2.45) is 0 Å². The molecule has 162 valence electrons. The summed E-state index contributed by atoms with van der Waals surface area (Å²) in [6.45, 7) is 2.03. The molecule has 1 aliphatic heterocycles. The van der Waals surface area contributed by atoms with Gasteiger partial charge >= 0.3 is 0 Å². The van der Waals surface area contributed by atoms with Gasteiger partial charge in [-0.1, -0.05) is 12.1 Å². The van der Waals surface area contributed by atoms with Gasteiger partial charge in [0.15, 0.2) is 28.6 Å². The van der Waals surface area contributed by atoms with Crippen molar-refractivity contribution >= 4 is 0 Å². The monoisotopic (exact) mass is 422 g/mol. The zero-order valence-electron chi connectivity index (χ0n) is 18.6. The molecule has 0 amide bonds. The zero-order valence-corrected chi connectivity index (χ0v) is 18.6. The molecule has 0 aliphatic carbocycles. The molecule has 0 spiro atoms. The van der Waals surface area contributed by atoms with Crippen molar-refractivity contribution in [3.63, 3.8) is 0 Å². The van der Waals surface area contributed by atoms with Gasteiger partial charge in [0.2, 0.25) is 0 Å². The summed E-state index contributed by atoms with van der Waals surface area (Å²) in [5, 5.41) is 0. The highest BCUT2D eigenvalue weighted by Crippen LogP contribution is 2.53. The van der Waals surface area contributed by atoms with Crippen LogP contribution >= 0.6 is 0 Å². The molecule has 3 aromatic rings. The Morgan fingerprint density at radius 3 is 1.84 bits per heavy atom. The van der Waals surface area contributed by atoms with E-state index in [-0.39, 0.29) is 0 Å². The zero-order chi connectivity index (χ0) is 22.2. The van der Waals surface area contributed by atoms with Gasteiger partial charge in [-0.05, 0) is 42.8 Å². The molecule has 0 fully saturated rings. The molecule has 6 nitrogen and oxygen atoms in total. The van der Waals surface area contributed by atoms with Gasteiger partial charge in [-0.2, -0.15) is 0 Å². The lowest BCUT2D eigenvalue weighted by Gasteiger charge is -2.39. The Kier molecular flexibility index (Phi) is 5.31. The van der Waals surface area contributed by atoms with Gasteiger partial charge < -0.3 is 28.4 Å². The molecule has 1 heterocycles.